The van der Waals surface area contributed by atoms with Crippen LogP contribution in [0.5, 0.6) is 0 Å². The highest BCUT2D eigenvalue weighted by atomic mass is 16.4. The average molecular weight is 197 g/mol. The lowest BCUT2D eigenvalue weighted by Gasteiger charge is -1.95. The maximum absolute atomic E-state index is 10.4. The number of aryl methyl sites for hydroxylation is 3. The number of hydrogen-bond acceptors (Lipinski definition) is 3. The summed E-state index contributed by atoms with van der Waals surface area (Å²) in [6.45, 7) is 2.06. The van der Waals surface area contributed by atoms with E-state index in [2.05, 4.69) is 17.0 Å². The van der Waals surface area contributed by atoms with Crippen molar-refractivity contribution < 1.29 is 9.90 Å². The van der Waals surface area contributed by atoms with E-state index < -0.39 is 5.97 Å². The fourth-order valence-electron chi connectivity index (χ4n) is 1.24. The molecular formula is C9H15N3O2. The van der Waals surface area contributed by atoms with Crippen molar-refractivity contribution in [1.29, 1.82) is 0 Å². The quantitative estimate of drug-likeness (QED) is 0.757. The lowest BCUT2D eigenvalue weighted by molar-refractivity contribution is -0.137. The highest BCUT2D eigenvalue weighted by Crippen LogP contribution is 2.02. The predicted octanol–water partition coefficient (Wildman–Crippen LogP) is 0.785. The zero-order valence-electron chi connectivity index (χ0n) is 8.53. The van der Waals surface area contributed by atoms with Gasteiger partial charge in [0.05, 0.1) is 6.42 Å². The molecule has 1 rings (SSSR count). The third kappa shape index (κ3) is 2.83. The number of carbonyl (C=O) groups is 1. The Morgan fingerprint density at radius 2 is 2.21 bits per heavy atom. The van der Waals surface area contributed by atoms with E-state index in [0.717, 1.165) is 24.5 Å². The number of nitrogens with zero attached hydrogens (tertiary/aromatic N) is 3. The molecule has 0 aliphatic carbocycles. The molecule has 0 saturated heterocycles. The van der Waals surface area contributed by atoms with Crippen LogP contribution in [-0.2, 0) is 24.7 Å². The molecule has 1 N–H and O–H groups in total. The topological polar surface area (TPSA) is 68.0 Å². The van der Waals surface area contributed by atoms with Crippen LogP contribution in [0, 0.1) is 0 Å². The Morgan fingerprint density at radius 1 is 1.50 bits per heavy atom. The molecule has 1 aromatic heterocycles. The minimum Gasteiger partial charge on any atom is -0.481 e. The Balaban J connectivity index is 2.62. The summed E-state index contributed by atoms with van der Waals surface area (Å²) < 4.78 is 1.66. The van der Waals surface area contributed by atoms with Gasteiger partial charge in [0.1, 0.15) is 5.82 Å². The van der Waals surface area contributed by atoms with Crippen LogP contribution in [0.3, 0.4) is 0 Å². The first-order valence-electron chi connectivity index (χ1n) is 4.74. The first-order chi connectivity index (χ1) is 6.63. The molecule has 0 aliphatic heterocycles. The first-order valence-corrected chi connectivity index (χ1v) is 4.74. The van der Waals surface area contributed by atoms with Crippen molar-refractivity contribution in [3.63, 3.8) is 0 Å². The predicted molar refractivity (Wildman–Crippen MR) is 51.0 cm³/mol. The lowest BCUT2D eigenvalue weighted by atomic mass is 10.3. The van der Waals surface area contributed by atoms with Crippen LogP contribution in [0.2, 0.25) is 0 Å². The van der Waals surface area contributed by atoms with Crippen LogP contribution in [0.15, 0.2) is 0 Å². The average Bonchev–Trinajstić information content (AvgIpc) is 2.44. The highest BCUT2D eigenvalue weighted by molar-refractivity contribution is 5.66. The van der Waals surface area contributed by atoms with E-state index in [1.54, 1.807) is 11.7 Å². The molecule has 0 amide bonds. The van der Waals surface area contributed by atoms with Gasteiger partial charge in [0.2, 0.25) is 0 Å². The molecule has 0 aliphatic rings. The second-order valence-corrected chi connectivity index (χ2v) is 3.21. The molecule has 5 heteroatoms. The second-order valence-electron chi connectivity index (χ2n) is 3.21. The standard InChI is InChI=1S/C9H15N3O2/c1-3-4-7-10-8(12(2)11-7)5-6-9(13)14/h3-6H2,1-2H3,(H,13,14). The van der Waals surface area contributed by atoms with Crippen molar-refractivity contribution in [3.05, 3.63) is 11.6 Å². The van der Waals surface area contributed by atoms with Gasteiger partial charge in [-0.1, -0.05) is 6.92 Å². The fourth-order valence-corrected chi connectivity index (χ4v) is 1.24. The molecule has 78 valence electrons. The zero-order chi connectivity index (χ0) is 10.6. The van der Waals surface area contributed by atoms with Gasteiger partial charge in [-0.3, -0.25) is 9.48 Å². The summed E-state index contributed by atoms with van der Waals surface area (Å²) in [6, 6.07) is 0. The molecule has 0 fully saturated rings. The molecule has 0 unspecified atom stereocenters. The van der Waals surface area contributed by atoms with Gasteiger partial charge >= 0.3 is 5.97 Å². The lowest BCUT2D eigenvalue weighted by Crippen LogP contribution is -2.03. The van der Waals surface area contributed by atoms with Gasteiger partial charge in [-0.2, -0.15) is 5.10 Å². The monoisotopic (exact) mass is 197 g/mol. The van der Waals surface area contributed by atoms with Crippen LogP contribution in [0.4, 0.5) is 0 Å². The van der Waals surface area contributed by atoms with E-state index in [4.69, 9.17) is 5.11 Å². The highest BCUT2D eigenvalue weighted by Gasteiger charge is 2.07. The fraction of sp³-hybridized carbons (Fsp3) is 0.667. The Kier molecular flexibility index (Phi) is 3.62. The molecule has 0 spiro atoms. The summed E-state index contributed by atoms with van der Waals surface area (Å²) in [6.07, 6.45) is 2.41. The summed E-state index contributed by atoms with van der Waals surface area (Å²) in [5.41, 5.74) is 0. The number of rotatable bonds is 5. The Labute approximate surface area is 82.8 Å². The van der Waals surface area contributed by atoms with Gasteiger partial charge < -0.3 is 5.11 Å². The van der Waals surface area contributed by atoms with Crippen molar-refractivity contribution in [2.45, 2.75) is 32.6 Å². The van der Waals surface area contributed by atoms with E-state index in [1.807, 2.05) is 0 Å². The normalized spacial score (nSPS) is 10.4. The molecule has 0 atom stereocenters. The number of hydrogen-bond donors (Lipinski definition) is 1. The maximum atomic E-state index is 10.4. The molecule has 0 saturated carbocycles. The minimum atomic E-state index is -0.801. The summed E-state index contributed by atoms with van der Waals surface area (Å²) in [4.78, 5) is 14.6. The second kappa shape index (κ2) is 4.74. The molecule has 1 heterocycles. The largest absolute Gasteiger partial charge is 0.481 e. The van der Waals surface area contributed by atoms with Gasteiger partial charge in [0, 0.05) is 19.9 Å². The van der Waals surface area contributed by atoms with Crippen LogP contribution < -0.4 is 0 Å². The minimum absolute atomic E-state index is 0.109. The molecular weight excluding hydrogens is 182 g/mol. The van der Waals surface area contributed by atoms with Crippen molar-refractivity contribution >= 4 is 5.97 Å². The van der Waals surface area contributed by atoms with E-state index in [-0.39, 0.29) is 6.42 Å². The SMILES string of the molecule is CCCc1nc(CCC(=O)O)n(C)n1. The Hall–Kier alpha value is -1.39. The number of aliphatic carboxylic acids is 1. The number of carboxylic acids is 1. The molecule has 1 aromatic rings. The third-order valence-corrected chi connectivity index (χ3v) is 1.93. The van der Waals surface area contributed by atoms with Crippen molar-refractivity contribution in [3.8, 4) is 0 Å². The molecule has 0 bridgehead atoms. The van der Waals surface area contributed by atoms with E-state index in [0.29, 0.717) is 6.42 Å². The van der Waals surface area contributed by atoms with Gasteiger partial charge in [-0.05, 0) is 6.42 Å². The van der Waals surface area contributed by atoms with Gasteiger partial charge in [-0.15, -0.1) is 0 Å². The maximum Gasteiger partial charge on any atom is 0.303 e. The van der Waals surface area contributed by atoms with Crippen molar-refractivity contribution in [1.82, 2.24) is 14.8 Å². The van der Waals surface area contributed by atoms with Crippen molar-refractivity contribution in [2.24, 2.45) is 7.05 Å². The number of carboxylic acid groups (broad SMARTS) is 1. The Morgan fingerprint density at radius 3 is 2.79 bits per heavy atom. The third-order valence-electron chi connectivity index (χ3n) is 1.93. The summed E-state index contributed by atoms with van der Waals surface area (Å²) in [5, 5.41) is 12.7. The summed E-state index contributed by atoms with van der Waals surface area (Å²) in [5.74, 6) is 0.747. The van der Waals surface area contributed by atoms with Gasteiger partial charge in [0.25, 0.3) is 0 Å². The van der Waals surface area contributed by atoms with Gasteiger partial charge in [-0.25, -0.2) is 4.98 Å². The smallest absolute Gasteiger partial charge is 0.303 e. The van der Waals surface area contributed by atoms with Crippen molar-refractivity contribution in [2.75, 3.05) is 0 Å². The van der Waals surface area contributed by atoms with Crippen LogP contribution in [0.25, 0.3) is 0 Å². The molecule has 0 radical (unpaired) electrons. The van der Waals surface area contributed by atoms with E-state index in [1.165, 1.54) is 0 Å². The van der Waals surface area contributed by atoms with E-state index in [9.17, 15) is 4.79 Å². The molecule has 14 heavy (non-hydrogen) atoms. The Bertz CT molecular complexity index is 320. The summed E-state index contributed by atoms with van der Waals surface area (Å²) in [7, 11) is 1.79. The number of aromatic nitrogens is 3. The van der Waals surface area contributed by atoms with Crippen LogP contribution in [-0.4, -0.2) is 25.8 Å². The summed E-state index contributed by atoms with van der Waals surface area (Å²) >= 11 is 0. The van der Waals surface area contributed by atoms with E-state index >= 15 is 0 Å². The molecule has 0 aromatic carbocycles. The van der Waals surface area contributed by atoms with Crippen LogP contribution in [0.1, 0.15) is 31.4 Å². The molecule has 5 nitrogen and oxygen atoms in total. The van der Waals surface area contributed by atoms with Gasteiger partial charge in [0.15, 0.2) is 5.82 Å². The zero-order valence-corrected chi connectivity index (χ0v) is 8.53. The van der Waals surface area contributed by atoms with Crippen LogP contribution >= 0.6 is 0 Å². The first kappa shape index (κ1) is 10.7.